The molecule has 0 spiro atoms. The standard InChI is InChI=1S/C11H15NO3S2/c1-8(2)12(6-10(14)15)9(13)7-17-11-4-3-5-16-11/h3-5,8H,6-7H2,1-2H3,(H,14,15). The topological polar surface area (TPSA) is 57.6 Å². The van der Waals surface area contributed by atoms with E-state index in [9.17, 15) is 9.59 Å². The van der Waals surface area contributed by atoms with Crippen LogP contribution in [-0.4, -0.2) is 40.2 Å². The molecule has 4 nitrogen and oxygen atoms in total. The van der Waals surface area contributed by atoms with Crippen LogP contribution in [0.25, 0.3) is 0 Å². The molecule has 0 aromatic carbocycles. The second-order valence-electron chi connectivity index (χ2n) is 3.73. The van der Waals surface area contributed by atoms with Gasteiger partial charge in [-0.1, -0.05) is 6.07 Å². The molecule has 0 atom stereocenters. The molecule has 1 heterocycles. The maximum atomic E-state index is 11.9. The number of hydrogen-bond acceptors (Lipinski definition) is 4. The van der Waals surface area contributed by atoms with Crippen molar-refractivity contribution in [2.24, 2.45) is 0 Å². The molecule has 0 bridgehead atoms. The Bertz CT molecular complexity index is 376. The number of thiophene rings is 1. The van der Waals surface area contributed by atoms with Crippen LogP contribution >= 0.6 is 23.1 Å². The fourth-order valence-corrected chi connectivity index (χ4v) is 2.94. The number of rotatable bonds is 6. The maximum absolute atomic E-state index is 11.9. The Balaban J connectivity index is 2.50. The fourth-order valence-electron chi connectivity index (χ4n) is 1.27. The van der Waals surface area contributed by atoms with Crippen LogP contribution < -0.4 is 0 Å². The van der Waals surface area contributed by atoms with Crippen molar-refractivity contribution in [1.82, 2.24) is 4.90 Å². The van der Waals surface area contributed by atoms with Crippen LogP contribution in [0.3, 0.4) is 0 Å². The van der Waals surface area contributed by atoms with E-state index in [-0.39, 0.29) is 24.2 Å². The predicted octanol–water partition coefficient (Wildman–Crippen LogP) is 2.16. The molecule has 1 amide bonds. The van der Waals surface area contributed by atoms with Gasteiger partial charge in [0.05, 0.1) is 9.96 Å². The highest BCUT2D eigenvalue weighted by atomic mass is 32.2. The molecule has 1 rings (SSSR count). The molecule has 0 aliphatic rings. The lowest BCUT2D eigenvalue weighted by Crippen LogP contribution is -2.41. The van der Waals surface area contributed by atoms with E-state index in [2.05, 4.69) is 0 Å². The molecule has 1 aromatic heterocycles. The van der Waals surface area contributed by atoms with Gasteiger partial charge in [0, 0.05) is 6.04 Å². The van der Waals surface area contributed by atoms with E-state index in [1.165, 1.54) is 16.7 Å². The third kappa shape index (κ3) is 4.79. The Morgan fingerprint density at radius 3 is 2.71 bits per heavy atom. The van der Waals surface area contributed by atoms with Gasteiger partial charge in [0.1, 0.15) is 6.54 Å². The summed E-state index contributed by atoms with van der Waals surface area (Å²) < 4.78 is 1.07. The zero-order chi connectivity index (χ0) is 12.8. The largest absolute Gasteiger partial charge is 0.480 e. The summed E-state index contributed by atoms with van der Waals surface area (Å²) in [7, 11) is 0. The highest BCUT2D eigenvalue weighted by Gasteiger charge is 2.19. The molecule has 17 heavy (non-hydrogen) atoms. The molecule has 1 aromatic rings. The number of nitrogens with zero attached hydrogens (tertiary/aromatic N) is 1. The van der Waals surface area contributed by atoms with Crippen molar-refractivity contribution in [1.29, 1.82) is 0 Å². The fraction of sp³-hybridized carbons (Fsp3) is 0.455. The minimum absolute atomic E-state index is 0.0949. The van der Waals surface area contributed by atoms with Crippen LogP contribution in [0.15, 0.2) is 21.7 Å². The van der Waals surface area contributed by atoms with Gasteiger partial charge in [-0.2, -0.15) is 0 Å². The number of carboxylic acid groups (broad SMARTS) is 1. The number of carboxylic acids is 1. The Kier molecular flexibility index (Phi) is 5.50. The normalized spacial score (nSPS) is 10.5. The Morgan fingerprint density at radius 2 is 2.24 bits per heavy atom. The van der Waals surface area contributed by atoms with Crippen LogP contribution in [0, 0.1) is 0 Å². The van der Waals surface area contributed by atoms with E-state index in [1.54, 1.807) is 11.3 Å². The highest BCUT2D eigenvalue weighted by molar-refractivity contribution is 8.01. The SMILES string of the molecule is CC(C)N(CC(=O)O)C(=O)CSc1cccs1. The summed E-state index contributed by atoms with van der Waals surface area (Å²) >= 11 is 3.02. The van der Waals surface area contributed by atoms with Gasteiger partial charge in [0.15, 0.2) is 0 Å². The van der Waals surface area contributed by atoms with E-state index < -0.39 is 5.97 Å². The minimum Gasteiger partial charge on any atom is -0.480 e. The van der Waals surface area contributed by atoms with E-state index in [4.69, 9.17) is 5.11 Å². The average molecular weight is 273 g/mol. The summed E-state index contributed by atoms with van der Waals surface area (Å²) in [6, 6.07) is 3.77. The molecule has 6 heteroatoms. The van der Waals surface area contributed by atoms with Crippen molar-refractivity contribution in [3.8, 4) is 0 Å². The molecule has 0 saturated carbocycles. The summed E-state index contributed by atoms with van der Waals surface area (Å²) in [5, 5.41) is 10.7. The van der Waals surface area contributed by atoms with Crippen LogP contribution in [-0.2, 0) is 9.59 Å². The van der Waals surface area contributed by atoms with Gasteiger partial charge < -0.3 is 10.0 Å². The van der Waals surface area contributed by atoms with Crippen molar-refractivity contribution in [2.45, 2.75) is 24.1 Å². The summed E-state index contributed by atoms with van der Waals surface area (Å²) in [5.74, 6) is -0.833. The Morgan fingerprint density at radius 1 is 1.53 bits per heavy atom. The molecule has 0 aliphatic carbocycles. The van der Waals surface area contributed by atoms with Crippen LogP contribution in [0.4, 0.5) is 0 Å². The molecule has 0 fully saturated rings. The smallest absolute Gasteiger partial charge is 0.323 e. The molecule has 0 unspecified atom stereocenters. The lowest BCUT2D eigenvalue weighted by Gasteiger charge is -2.24. The average Bonchev–Trinajstić information content (AvgIpc) is 2.74. The number of amides is 1. The molecule has 94 valence electrons. The van der Waals surface area contributed by atoms with E-state index in [1.807, 2.05) is 31.4 Å². The first kappa shape index (κ1) is 14.1. The molecule has 0 aliphatic heterocycles. The number of hydrogen-bond donors (Lipinski definition) is 1. The third-order valence-electron chi connectivity index (χ3n) is 2.08. The maximum Gasteiger partial charge on any atom is 0.323 e. The first-order valence-electron chi connectivity index (χ1n) is 5.18. The first-order valence-corrected chi connectivity index (χ1v) is 7.04. The molecular formula is C11H15NO3S2. The van der Waals surface area contributed by atoms with Gasteiger partial charge in [0.25, 0.3) is 0 Å². The van der Waals surface area contributed by atoms with Gasteiger partial charge in [-0.3, -0.25) is 9.59 Å². The predicted molar refractivity (Wildman–Crippen MR) is 69.5 cm³/mol. The molecule has 1 N–H and O–H groups in total. The van der Waals surface area contributed by atoms with Crippen molar-refractivity contribution >= 4 is 35.0 Å². The lowest BCUT2D eigenvalue weighted by molar-refractivity contribution is -0.144. The highest BCUT2D eigenvalue weighted by Crippen LogP contribution is 2.23. The minimum atomic E-state index is -0.979. The number of carbonyl (C=O) groups is 2. The lowest BCUT2D eigenvalue weighted by atomic mass is 10.3. The van der Waals surface area contributed by atoms with Crippen molar-refractivity contribution in [3.05, 3.63) is 17.5 Å². The van der Waals surface area contributed by atoms with E-state index >= 15 is 0 Å². The van der Waals surface area contributed by atoms with Gasteiger partial charge >= 0.3 is 5.97 Å². The zero-order valence-corrected chi connectivity index (χ0v) is 11.4. The summed E-state index contributed by atoms with van der Waals surface area (Å²) in [5.41, 5.74) is 0. The molecule has 0 radical (unpaired) electrons. The van der Waals surface area contributed by atoms with Gasteiger partial charge in [0.2, 0.25) is 5.91 Å². The van der Waals surface area contributed by atoms with Crippen LogP contribution in [0.5, 0.6) is 0 Å². The summed E-state index contributed by atoms with van der Waals surface area (Å²) in [6.45, 7) is 3.40. The van der Waals surface area contributed by atoms with Crippen molar-refractivity contribution in [3.63, 3.8) is 0 Å². The molecular weight excluding hydrogens is 258 g/mol. The van der Waals surface area contributed by atoms with Gasteiger partial charge in [-0.25, -0.2) is 0 Å². The van der Waals surface area contributed by atoms with Crippen LogP contribution in [0.2, 0.25) is 0 Å². The Labute approximate surface area is 109 Å². The third-order valence-corrected chi connectivity index (χ3v) is 4.20. The first-order chi connectivity index (χ1) is 8.00. The van der Waals surface area contributed by atoms with E-state index in [0.717, 1.165) is 4.21 Å². The number of aliphatic carboxylic acids is 1. The number of thioether (sulfide) groups is 1. The Hall–Kier alpha value is -1.01. The second-order valence-corrected chi connectivity index (χ2v) is 5.95. The van der Waals surface area contributed by atoms with Gasteiger partial charge in [-0.05, 0) is 25.3 Å². The van der Waals surface area contributed by atoms with Crippen molar-refractivity contribution < 1.29 is 14.7 Å². The summed E-state index contributed by atoms with van der Waals surface area (Å²) in [6.07, 6.45) is 0. The number of carbonyl (C=O) groups excluding carboxylic acids is 1. The van der Waals surface area contributed by atoms with Gasteiger partial charge in [-0.15, -0.1) is 23.1 Å². The summed E-state index contributed by atoms with van der Waals surface area (Å²) in [4.78, 5) is 23.9. The van der Waals surface area contributed by atoms with E-state index in [0.29, 0.717) is 0 Å². The second kappa shape index (κ2) is 6.66. The monoisotopic (exact) mass is 273 g/mol. The molecule has 0 saturated heterocycles. The van der Waals surface area contributed by atoms with Crippen LogP contribution in [0.1, 0.15) is 13.8 Å². The van der Waals surface area contributed by atoms with Crippen molar-refractivity contribution in [2.75, 3.05) is 12.3 Å². The zero-order valence-electron chi connectivity index (χ0n) is 9.75. The quantitative estimate of drug-likeness (QED) is 0.807.